The van der Waals surface area contributed by atoms with Crippen LogP contribution >= 0.6 is 0 Å². The largest absolute Gasteiger partial charge is 0.460 e. The van der Waals surface area contributed by atoms with Gasteiger partial charge in [0, 0.05) is 45.7 Å². The molecule has 4 nitrogen and oxygen atoms in total. The van der Waals surface area contributed by atoms with E-state index in [0.717, 1.165) is 38.5 Å². The Balaban J connectivity index is 1.26. The van der Waals surface area contributed by atoms with Crippen LogP contribution < -0.4 is 9.80 Å². The van der Waals surface area contributed by atoms with E-state index >= 15 is 0 Å². The lowest BCUT2D eigenvalue weighted by Gasteiger charge is -2.35. The zero-order valence-corrected chi connectivity index (χ0v) is 38.3. The normalized spacial score (nSPS) is 29.4. The first-order chi connectivity index (χ1) is 28.1. The molecule has 2 aliphatic heterocycles. The number of aryl methyl sites for hydroxylation is 1. The molecule has 59 heavy (non-hydrogen) atoms. The molecule has 1 aromatic heterocycles. The predicted octanol–water partition coefficient (Wildman–Crippen LogP) is 14.2. The van der Waals surface area contributed by atoms with Gasteiger partial charge in [0.25, 0.3) is 0 Å². The molecule has 3 heterocycles. The Morgan fingerprint density at radius 1 is 0.983 bits per heavy atom. The number of benzene rings is 2. The second kappa shape index (κ2) is 14.6. The number of nitrogens with zero attached hydrogens (tertiary/aromatic N) is 3. The van der Waals surface area contributed by atoms with E-state index in [0.29, 0.717) is 29.6 Å². The molecule has 0 spiro atoms. The summed E-state index contributed by atoms with van der Waals surface area (Å²) in [5.74, 6) is 4.77. The number of hydrogen-bond donors (Lipinski definition) is 0. The maximum atomic E-state index is 7.25. The fraction of sp³-hybridized carbons (Fsp3) is 0.527. The summed E-state index contributed by atoms with van der Waals surface area (Å²) in [5.41, 5.74) is 14.3. The summed E-state index contributed by atoms with van der Waals surface area (Å²) in [4.78, 5) is 8.22. The predicted molar refractivity (Wildman–Crippen MR) is 251 cm³/mol. The Hall–Kier alpha value is -4.02. The van der Waals surface area contributed by atoms with Crippen molar-refractivity contribution in [2.75, 3.05) is 23.9 Å². The molecule has 4 heteroatoms. The molecule has 9 rings (SSSR count). The molecular weight excluding hydrogens is 719 g/mol. The highest BCUT2D eigenvalue weighted by Crippen LogP contribution is 2.76. The molecule has 8 unspecified atom stereocenters. The summed E-state index contributed by atoms with van der Waals surface area (Å²) < 4.78 is 7.25. The first-order valence-electron chi connectivity index (χ1n) is 23.2. The Kier molecular flexibility index (Phi) is 9.97. The van der Waals surface area contributed by atoms with Crippen LogP contribution in [0.1, 0.15) is 142 Å². The van der Waals surface area contributed by atoms with Gasteiger partial charge >= 0.3 is 0 Å². The summed E-state index contributed by atoms with van der Waals surface area (Å²) >= 11 is 0. The minimum absolute atomic E-state index is 0.00864. The molecule has 1 fully saturated rings. The van der Waals surface area contributed by atoms with Gasteiger partial charge in [-0.05, 0) is 130 Å². The highest BCUT2D eigenvalue weighted by Gasteiger charge is 2.79. The fourth-order valence-electron chi connectivity index (χ4n) is 13.7. The number of hydrogen-bond acceptors (Lipinski definition) is 4. The molecule has 0 saturated heterocycles. The summed E-state index contributed by atoms with van der Waals surface area (Å²) in [6.45, 7) is 24.8. The smallest absolute Gasteiger partial charge is 0.138 e. The second-order valence-corrected chi connectivity index (χ2v) is 21.1. The molecule has 6 aliphatic rings. The molecule has 0 bridgehead atoms. The van der Waals surface area contributed by atoms with Gasteiger partial charge < -0.3 is 19.1 Å². The average molecular weight is 790 g/mol. The zero-order chi connectivity index (χ0) is 41.8. The van der Waals surface area contributed by atoms with Crippen molar-refractivity contribution in [1.29, 1.82) is 0 Å². The van der Waals surface area contributed by atoms with Crippen molar-refractivity contribution in [2.45, 2.75) is 138 Å². The van der Waals surface area contributed by atoms with Crippen LogP contribution in [0.2, 0.25) is 0 Å². The van der Waals surface area contributed by atoms with Crippen molar-refractivity contribution >= 4 is 34.3 Å². The molecule has 3 aromatic rings. The van der Waals surface area contributed by atoms with Gasteiger partial charge in [-0.2, -0.15) is 0 Å². The molecule has 4 aliphatic carbocycles. The maximum Gasteiger partial charge on any atom is 0.138 e. The van der Waals surface area contributed by atoms with Crippen molar-refractivity contribution in [3.8, 4) is 0 Å². The van der Waals surface area contributed by atoms with Gasteiger partial charge in [-0.15, -0.1) is 0 Å². The number of furan rings is 1. The van der Waals surface area contributed by atoms with Crippen LogP contribution in [0.3, 0.4) is 0 Å². The van der Waals surface area contributed by atoms with Gasteiger partial charge in [-0.3, -0.25) is 0 Å². The minimum Gasteiger partial charge on any atom is -0.460 e. The molecular formula is C55H71N3O. The highest BCUT2D eigenvalue weighted by atomic mass is 16.3. The summed E-state index contributed by atoms with van der Waals surface area (Å²) in [5, 5.41) is 0. The van der Waals surface area contributed by atoms with Gasteiger partial charge in [0.1, 0.15) is 17.7 Å². The van der Waals surface area contributed by atoms with Gasteiger partial charge in [0.2, 0.25) is 0 Å². The quantitative estimate of drug-likeness (QED) is 0.191. The Bertz CT molecular complexity index is 2290. The van der Waals surface area contributed by atoms with Crippen molar-refractivity contribution in [2.24, 2.45) is 34.5 Å². The number of rotatable bonds is 10. The number of allylic oxidation sites excluding steroid dienone is 7. The van der Waals surface area contributed by atoms with E-state index in [1.165, 1.54) is 62.8 Å². The summed E-state index contributed by atoms with van der Waals surface area (Å²) in [7, 11) is 4.74. The third kappa shape index (κ3) is 5.99. The Morgan fingerprint density at radius 2 is 1.73 bits per heavy atom. The zero-order valence-electron chi connectivity index (χ0n) is 38.3. The fourth-order valence-corrected chi connectivity index (χ4v) is 13.7. The molecule has 0 amide bonds. The van der Waals surface area contributed by atoms with Crippen LogP contribution in [-0.2, 0) is 6.42 Å². The highest BCUT2D eigenvalue weighted by molar-refractivity contribution is 5.97. The third-order valence-corrected chi connectivity index (χ3v) is 16.2. The third-order valence-electron chi connectivity index (χ3n) is 16.2. The molecule has 2 aromatic carbocycles. The van der Waals surface area contributed by atoms with Gasteiger partial charge in [-0.1, -0.05) is 129 Å². The van der Waals surface area contributed by atoms with Crippen molar-refractivity contribution in [1.82, 2.24) is 4.90 Å². The van der Waals surface area contributed by atoms with E-state index in [1.54, 1.807) is 11.1 Å². The number of para-hydroxylation sites is 2. The van der Waals surface area contributed by atoms with E-state index in [9.17, 15) is 0 Å². The molecule has 312 valence electrons. The van der Waals surface area contributed by atoms with E-state index < -0.39 is 0 Å². The molecule has 0 radical (unpaired) electrons. The summed E-state index contributed by atoms with van der Waals surface area (Å²) in [6, 6.07) is 19.0. The van der Waals surface area contributed by atoms with E-state index in [2.05, 4.69) is 183 Å². The first kappa shape index (κ1) is 40.4. The van der Waals surface area contributed by atoms with E-state index in [1.807, 2.05) is 0 Å². The lowest BCUT2D eigenvalue weighted by molar-refractivity contribution is 0.189. The van der Waals surface area contributed by atoms with Crippen LogP contribution in [0.25, 0.3) is 17.2 Å². The molecule has 1 saturated carbocycles. The number of fused-ring (bicyclic) bond motifs is 8. The van der Waals surface area contributed by atoms with Gasteiger partial charge in [0.15, 0.2) is 0 Å². The van der Waals surface area contributed by atoms with Crippen LogP contribution in [0.5, 0.6) is 0 Å². The number of anilines is 3. The minimum atomic E-state index is -0.0163. The van der Waals surface area contributed by atoms with Crippen LogP contribution in [-0.4, -0.2) is 36.7 Å². The van der Waals surface area contributed by atoms with Crippen LogP contribution in [0, 0.1) is 34.5 Å². The average Bonchev–Trinajstić information content (AvgIpc) is 3.51. The maximum absolute atomic E-state index is 7.25. The van der Waals surface area contributed by atoms with Crippen molar-refractivity contribution in [3.05, 3.63) is 118 Å². The summed E-state index contributed by atoms with van der Waals surface area (Å²) in [6.07, 6.45) is 22.0. The monoisotopic (exact) mass is 790 g/mol. The van der Waals surface area contributed by atoms with E-state index in [4.69, 9.17) is 4.42 Å². The Labute approximate surface area is 356 Å². The Morgan fingerprint density at radius 3 is 2.41 bits per heavy atom. The van der Waals surface area contributed by atoms with Crippen LogP contribution in [0.4, 0.5) is 17.1 Å². The van der Waals surface area contributed by atoms with E-state index in [-0.39, 0.29) is 28.6 Å². The molecule has 8 atom stereocenters. The van der Waals surface area contributed by atoms with Crippen LogP contribution in [0.15, 0.2) is 94.5 Å². The first-order valence-corrected chi connectivity index (χ1v) is 23.2. The van der Waals surface area contributed by atoms with Crippen molar-refractivity contribution in [3.63, 3.8) is 0 Å². The standard InChI is InChI=1S/C55H71N3O/c1-13-55(37(6)32-43(53(7,8)9)35(4)30-34(2)3)51(54(55,10)56(11)12)49-42-31-36(5)47-41-26-17-20-29-46(41)59-50(47)48(42)52-57(44-27-18-19-28-45(44)58(49)52)40-25-21-24-39(33-40)38-22-15-14-16-23-38/h14-15,17-19,21-22,24-28,32-37,49,51-52H,13,16,20,23,29-31H2,1-12H3/b43-32+. The van der Waals surface area contributed by atoms with Crippen molar-refractivity contribution < 1.29 is 4.42 Å². The van der Waals surface area contributed by atoms with Gasteiger partial charge in [-0.25, -0.2) is 0 Å². The lowest BCUT2D eigenvalue weighted by Crippen LogP contribution is -2.45. The molecule has 0 N–H and O–H groups in total. The topological polar surface area (TPSA) is 22.9 Å². The SMILES string of the molecule is CCC1(C(C)/C=C(\C(C)CC(C)C)C(C)(C)C)C(C2C3=C(c4oc5c(c4C(C)C3)C=CCC5)C3N(c4cccc(C5=CC=CCC5)c4)c4ccccc4N23)C1(C)N(C)C. The second-order valence-electron chi connectivity index (χ2n) is 21.1. The lowest BCUT2D eigenvalue weighted by atomic mass is 9.72. The van der Waals surface area contributed by atoms with Gasteiger partial charge in [0.05, 0.1) is 17.4 Å².